The molecule has 0 radical (unpaired) electrons. The molecule has 0 saturated carbocycles. The van der Waals surface area contributed by atoms with Gasteiger partial charge in [-0.2, -0.15) is 5.26 Å². The van der Waals surface area contributed by atoms with Gasteiger partial charge in [0.05, 0.1) is 15.0 Å². The highest BCUT2D eigenvalue weighted by molar-refractivity contribution is 9.10. The largest absolute Gasteiger partial charge is 0.351 e. The molecule has 1 heterocycles. The van der Waals surface area contributed by atoms with Gasteiger partial charge in [-0.05, 0) is 28.9 Å². The van der Waals surface area contributed by atoms with Crippen LogP contribution in [0, 0.1) is 11.3 Å². The molecule has 0 bridgehead atoms. The van der Waals surface area contributed by atoms with Gasteiger partial charge in [-0.15, -0.1) is 11.6 Å². The Hall–Kier alpha value is -0.980. The molecule has 1 aromatic heterocycles. The topological polar surface area (TPSA) is 39.6 Å². The van der Waals surface area contributed by atoms with Crippen LogP contribution in [0.2, 0.25) is 0 Å². The third-order valence-electron chi connectivity index (χ3n) is 2.69. The number of aromatic amines is 1. The summed E-state index contributed by atoms with van der Waals surface area (Å²) in [6.45, 7) is 1.94. The van der Waals surface area contributed by atoms with Crippen molar-refractivity contribution in [2.24, 2.45) is 0 Å². The SMILES string of the molecule is CC1(Cl)C=CC=CC1c1[nH]c(Br)cc1C#N. The average Bonchev–Trinajstić information content (AvgIpc) is 2.58. The highest BCUT2D eigenvalue weighted by Gasteiger charge is 2.33. The molecule has 2 atom stereocenters. The fourth-order valence-corrected chi connectivity index (χ4v) is 2.56. The fourth-order valence-electron chi connectivity index (χ4n) is 1.86. The van der Waals surface area contributed by atoms with Gasteiger partial charge in [0, 0.05) is 11.6 Å². The lowest BCUT2D eigenvalue weighted by atomic mass is 9.85. The predicted molar refractivity (Wildman–Crippen MR) is 68.5 cm³/mol. The molecule has 2 unspecified atom stereocenters. The van der Waals surface area contributed by atoms with E-state index in [0.717, 1.165) is 10.3 Å². The van der Waals surface area contributed by atoms with E-state index in [4.69, 9.17) is 16.9 Å². The van der Waals surface area contributed by atoms with Crippen LogP contribution in [0.4, 0.5) is 0 Å². The molecule has 2 nitrogen and oxygen atoms in total. The van der Waals surface area contributed by atoms with Crippen LogP contribution < -0.4 is 0 Å². The quantitative estimate of drug-likeness (QED) is 0.786. The second kappa shape index (κ2) is 4.12. The van der Waals surface area contributed by atoms with Gasteiger partial charge in [-0.3, -0.25) is 0 Å². The van der Waals surface area contributed by atoms with Crippen LogP contribution >= 0.6 is 27.5 Å². The number of nitrogens with one attached hydrogen (secondary N) is 1. The number of aromatic nitrogens is 1. The van der Waals surface area contributed by atoms with Crippen LogP contribution in [0.3, 0.4) is 0 Å². The van der Waals surface area contributed by atoms with E-state index in [-0.39, 0.29) is 5.92 Å². The van der Waals surface area contributed by atoms with Crippen molar-refractivity contribution < 1.29 is 0 Å². The molecule has 1 aliphatic rings. The van der Waals surface area contributed by atoms with E-state index in [1.165, 1.54) is 0 Å². The lowest BCUT2D eigenvalue weighted by molar-refractivity contribution is 0.659. The molecule has 0 amide bonds. The zero-order chi connectivity index (χ0) is 11.8. The number of halogens is 2. The van der Waals surface area contributed by atoms with Gasteiger partial charge in [0.25, 0.3) is 0 Å². The maximum absolute atomic E-state index is 9.06. The maximum atomic E-state index is 9.06. The Morgan fingerprint density at radius 2 is 2.31 bits per heavy atom. The average molecular weight is 298 g/mol. The van der Waals surface area contributed by atoms with Crippen molar-refractivity contribution in [3.05, 3.63) is 46.2 Å². The van der Waals surface area contributed by atoms with Crippen molar-refractivity contribution >= 4 is 27.5 Å². The van der Waals surface area contributed by atoms with Crippen LogP contribution in [-0.4, -0.2) is 9.86 Å². The smallest absolute Gasteiger partial charge is 0.101 e. The number of rotatable bonds is 1. The number of hydrogen-bond acceptors (Lipinski definition) is 1. The Morgan fingerprint density at radius 3 is 2.94 bits per heavy atom. The summed E-state index contributed by atoms with van der Waals surface area (Å²) in [7, 11) is 0. The van der Waals surface area contributed by atoms with Crippen molar-refractivity contribution in [3.63, 3.8) is 0 Å². The van der Waals surface area contributed by atoms with Crippen LogP contribution in [0.1, 0.15) is 24.1 Å². The number of allylic oxidation sites excluding steroid dienone is 4. The molecule has 0 aromatic carbocycles. The first-order valence-corrected chi connectivity index (χ1v) is 6.05. The standard InChI is InChI=1S/C12H10BrClN2/c1-12(14)5-3-2-4-9(12)11-8(7-15)6-10(13)16-11/h2-6,9,16H,1H3. The van der Waals surface area contributed by atoms with Crippen molar-refractivity contribution in [2.75, 3.05) is 0 Å². The molecule has 2 rings (SSSR count). The minimum absolute atomic E-state index is 0.0138. The Balaban J connectivity index is 2.48. The molecule has 0 fully saturated rings. The summed E-state index contributed by atoms with van der Waals surface area (Å²) < 4.78 is 0.800. The van der Waals surface area contributed by atoms with Gasteiger partial charge in [-0.1, -0.05) is 24.3 Å². The highest BCUT2D eigenvalue weighted by Crippen LogP contribution is 2.39. The first-order chi connectivity index (χ1) is 7.54. The monoisotopic (exact) mass is 296 g/mol. The van der Waals surface area contributed by atoms with E-state index in [9.17, 15) is 0 Å². The molecule has 16 heavy (non-hydrogen) atoms. The van der Waals surface area contributed by atoms with E-state index in [1.54, 1.807) is 6.07 Å². The minimum atomic E-state index is -0.495. The zero-order valence-electron chi connectivity index (χ0n) is 8.67. The van der Waals surface area contributed by atoms with E-state index in [2.05, 4.69) is 27.0 Å². The van der Waals surface area contributed by atoms with Crippen LogP contribution in [0.5, 0.6) is 0 Å². The Kier molecular flexibility index (Phi) is 2.96. The molecule has 82 valence electrons. The zero-order valence-corrected chi connectivity index (χ0v) is 11.0. The Morgan fingerprint density at radius 1 is 1.56 bits per heavy atom. The lowest BCUT2D eigenvalue weighted by Crippen LogP contribution is -2.25. The first kappa shape index (κ1) is 11.5. The molecule has 0 aliphatic heterocycles. The molecular formula is C12H10BrClN2. The molecule has 1 aromatic rings. The van der Waals surface area contributed by atoms with Crippen molar-refractivity contribution in [3.8, 4) is 6.07 Å². The normalized spacial score (nSPS) is 28.0. The number of H-pyrrole nitrogens is 1. The third-order valence-corrected chi connectivity index (χ3v) is 3.48. The summed E-state index contributed by atoms with van der Waals surface area (Å²) in [4.78, 5) is 2.65. The van der Waals surface area contributed by atoms with Crippen molar-refractivity contribution in [1.29, 1.82) is 5.26 Å². The Labute approximate surface area is 108 Å². The second-order valence-corrected chi connectivity index (χ2v) is 5.60. The third kappa shape index (κ3) is 1.95. The summed E-state index contributed by atoms with van der Waals surface area (Å²) in [5, 5.41) is 9.06. The molecule has 0 saturated heterocycles. The number of alkyl halides is 1. The Bertz CT molecular complexity index is 506. The predicted octanol–water partition coefficient (Wildman–Crippen LogP) is 3.86. The molecule has 4 heteroatoms. The second-order valence-electron chi connectivity index (χ2n) is 3.93. The molecule has 0 spiro atoms. The first-order valence-electron chi connectivity index (χ1n) is 4.88. The van der Waals surface area contributed by atoms with Gasteiger partial charge >= 0.3 is 0 Å². The molecule has 1 aliphatic carbocycles. The van der Waals surface area contributed by atoms with Crippen molar-refractivity contribution in [1.82, 2.24) is 4.98 Å². The van der Waals surface area contributed by atoms with Crippen LogP contribution in [0.25, 0.3) is 0 Å². The van der Waals surface area contributed by atoms with Crippen LogP contribution in [0.15, 0.2) is 35.0 Å². The van der Waals surface area contributed by atoms with Crippen LogP contribution in [-0.2, 0) is 0 Å². The summed E-state index contributed by atoms with van der Waals surface area (Å²) in [6, 6.07) is 3.95. The summed E-state index contributed by atoms with van der Waals surface area (Å²) in [5.41, 5.74) is 1.48. The van der Waals surface area contributed by atoms with E-state index < -0.39 is 4.87 Å². The van der Waals surface area contributed by atoms with Gasteiger partial charge < -0.3 is 4.98 Å². The highest BCUT2D eigenvalue weighted by atomic mass is 79.9. The van der Waals surface area contributed by atoms with Gasteiger partial charge in [0.2, 0.25) is 0 Å². The summed E-state index contributed by atoms with van der Waals surface area (Å²) in [6.07, 6.45) is 7.82. The number of nitrogens with zero attached hydrogens (tertiary/aromatic N) is 1. The van der Waals surface area contributed by atoms with E-state index in [1.807, 2.05) is 31.2 Å². The molecule has 1 N–H and O–H groups in total. The molecular weight excluding hydrogens is 288 g/mol. The van der Waals surface area contributed by atoms with E-state index in [0.29, 0.717) is 5.56 Å². The number of hydrogen-bond donors (Lipinski definition) is 1. The van der Waals surface area contributed by atoms with Gasteiger partial charge in [0.15, 0.2) is 0 Å². The lowest BCUT2D eigenvalue weighted by Gasteiger charge is -2.28. The van der Waals surface area contributed by atoms with Crippen molar-refractivity contribution in [2.45, 2.75) is 17.7 Å². The van der Waals surface area contributed by atoms with Gasteiger partial charge in [-0.25, -0.2) is 0 Å². The van der Waals surface area contributed by atoms with E-state index >= 15 is 0 Å². The summed E-state index contributed by atoms with van der Waals surface area (Å²) >= 11 is 9.76. The number of nitriles is 1. The van der Waals surface area contributed by atoms with Gasteiger partial charge in [0.1, 0.15) is 6.07 Å². The maximum Gasteiger partial charge on any atom is 0.101 e. The minimum Gasteiger partial charge on any atom is -0.351 e. The summed E-state index contributed by atoms with van der Waals surface area (Å²) in [5.74, 6) is -0.0138. The fraction of sp³-hybridized carbons (Fsp3) is 0.250.